The van der Waals surface area contributed by atoms with Crippen molar-refractivity contribution in [2.24, 2.45) is 0 Å². The van der Waals surface area contributed by atoms with Gasteiger partial charge in [0.05, 0.1) is 24.5 Å². The molecule has 0 heterocycles. The second-order valence-corrected chi connectivity index (χ2v) is 5.25. The fourth-order valence-electron chi connectivity index (χ4n) is 1.30. The van der Waals surface area contributed by atoms with E-state index in [9.17, 15) is 9.90 Å². The molecule has 1 aromatic rings. The van der Waals surface area contributed by atoms with Gasteiger partial charge < -0.3 is 9.84 Å². The molecule has 3 nitrogen and oxygen atoms in total. The van der Waals surface area contributed by atoms with Crippen molar-refractivity contribution in [3.8, 4) is 5.75 Å². The third-order valence-corrected chi connectivity index (χ3v) is 3.91. The van der Waals surface area contributed by atoms with E-state index < -0.39 is 6.10 Å². The smallest absolute Gasteiger partial charge is 0.176 e. The first kappa shape index (κ1) is 14.1. The summed E-state index contributed by atoms with van der Waals surface area (Å²) in [5.41, 5.74) is 0.597. The summed E-state index contributed by atoms with van der Waals surface area (Å²) in [5, 5.41) is 9.40. The lowest BCUT2D eigenvalue weighted by Gasteiger charge is -2.14. The summed E-state index contributed by atoms with van der Waals surface area (Å²) in [6.45, 7) is 3.64. The van der Waals surface area contributed by atoms with Gasteiger partial charge in [-0.2, -0.15) is 0 Å². The van der Waals surface area contributed by atoms with Gasteiger partial charge in [-0.25, -0.2) is 0 Å². The van der Waals surface area contributed by atoms with Crippen molar-refractivity contribution in [1.82, 2.24) is 0 Å². The van der Waals surface area contributed by atoms with Gasteiger partial charge in [-0.3, -0.25) is 4.79 Å². The van der Waals surface area contributed by atoms with Crippen molar-refractivity contribution in [1.29, 1.82) is 0 Å². The van der Waals surface area contributed by atoms with E-state index in [4.69, 9.17) is 4.74 Å². The molecule has 4 heteroatoms. The molecule has 0 spiro atoms. The number of aliphatic hydroxyl groups excluding tert-OH is 1. The largest absolute Gasteiger partial charge is 0.496 e. The Morgan fingerprint density at radius 3 is 2.65 bits per heavy atom. The van der Waals surface area contributed by atoms with Crippen molar-refractivity contribution in [3.05, 3.63) is 29.8 Å². The number of aliphatic hydroxyl groups is 1. The molecular weight excluding hydrogens is 236 g/mol. The number of rotatable bonds is 6. The van der Waals surface area contributed by atoms with Crippen molar-refractivity contribution >= 4 is 17.5 Å². The van der Waals surface area contributed by atoms with Gasteiger partial charge in [-0.05, 0) is 19.1 Å². The van der Waals surface area contributed by atoms with E-state index in [-0.39, 0.29) is 11.0 Å². The SMILES string of the molecule is COc1ccccc1C(=O)CSC(C)C(C)O. The van der Waals surface area contributed by atoms with Gasteiger partial charge in [0, 0.05) is 5.25 Å². The average Bonchev–Trinajstić information content (AvgIpc) is 2.35. The number of carbonyl (C=O) groups excluding carboxylic acids is 1. The maximum atomic E-state index is 12.0. The summed E-state index contributed by atoms with van der Waals surface area (Å²) in [6.07, 6.45) is -0.412. The van der Waals surface area contributed by atoms with Crippen LogP contribution in [0.1, 0.15) is 24.2 Å². The Hall–Kier alpha value is -1.00. The number of hydrogen-bond acceptors (Lipinski definition) is 4. The number of methoxy groups -OCH3 is 1. The van der Waals surface area contributed by atoms with E-state index in [0.29, 0.717) is 17.1 Å². The normalized spacial score (nSPS) is 14.1. The number of benzene rings is 1. The van der Waals surface area contributed by atoms with Crippen LogP contribution >= 0.6 is 11.8 Å². The minimum Gasteiger partial charge on any atom is -0.496 e. The molecule has 0 saturated carbocycles. The zero-order valence-electron chi connectivity index (χ0n) is 10.3. The predicted molar refractivity (Wildman–Crippen MR) is 70.9 cm³/mol. The zero-order valence-corrected chi connectivity index (χ0v) is 11.2. The van der Waals surface area contributed by atoms with Crippen LogP contribution in [0.4, 0.5) is 0 Å². The summed E-state index contributed by atoms with van der Waals surface area (Å²) in [4.78, 5) is 12.0. The number of para-hydroxylation sites is 1. The zero-order chi connectivity index (χ0) is 12.8. The highest BCUT2D eigenvalue weighted by Gasteiger charge is 2.15. The Bertz CT molecular complexity index is 377. The summed E-state index contributed by atoms with van der Waals surface area (Å²) in [7, 11) is 1.55. The van der Waals surface area contributed by atoms with Crippen LogP contribution in [0.3, 0.4) is 0 Å². The molecule has 0 aliphatic carbocycles. The molecule has 0 aliphatic heterocycles. The van der Waals surface area contributed by atoms with Gasteiger partial charge in [0.2, 0.25) is 0 Å². The highest BCUT2D eigenvalue weighted by molar-refractivity contribution is 8.00. The van der Waals surface area contributed by atoms with Crippen molar-refractivity contribution in [2.45, 2.75) is 25.2 Å². The Labute approximate surface area is 106 Å². The third kappa shape index (κ3) is 4.06. The molecular formula is C13H18O3S. The number of Topliss-reactive ketones (excluding diaryl/α,β-unsaturated/α-hetero) is 1. The molecule has 1 aromatic carbocycles. The third-order valence-electron chi connectivity index (χ3n) is 2.56. The summed E-state index contributed by atoms with van der Waals surface area (Å²) in [5.74, 6) is 0.981. The molecule has 2 atom stereocenters. The van der Waals surface area contributed by atoms with Gasteiger partial charge in [0.15, 0.2) is 5.78 Å². The first-order valence-electron chi connectivity index (χ1n) is 5.52. The Balaban J connectivity index is 2.64. The van der Waals surface area contributed by atoms with E-state index in [1.54, 1.807) is 26.2 Å². The van der Waals surface area contributed by atoms with E-state index in [0.717, 1.165) is 0 Å². The highest BCUT2D eigenvalue weighted by atomic mass is 32.2. The second kappa shape index (κ2) is 6.67. The maximum absolute atomic E-state index is 12.0. The quantitative estimate of drug-likeness (QED) is 0.792. The van der Waals surface area contributed by atoms with Gasteiger partial charge in [-0.15, -0.1) is 11.8 Å². The first-order chi connectivity index (χ1) is 8.06. The lowest BCUT2D eigenvalue weighted by Crippen LogP contribution is -2.17. The average molecular weight is 254 g/mol. The van der Waals surface area contributed by atoms with Crippen LogP contribution in [0.15, 0.2) is 24.3 Å². The molecule has 17 heavy (non-hydrogen) atoms. The molecule has 0 aromatic heterocycles. The van der Waals surface area contributed by atoms with E-state index in [1.807, 2.05) is 19.1 Å². The number of thioether (sulfide) groups is 1. The fourth-order valence-corrected chi connectivity index (χ4v) is 2.15. The van der Waals surface area contributed by atoms with E-state index in [1.165, 1.54) is 11.8 Å². The molecule has 94 valence electrons. The summed E-state index contributed by atoms with van der Waals surface area (Å²) in [6, 6.07) is 7.18. The standard InChI is InChI=1S/C13H18O3S/c1-9(14)10(2)17-8-12(15)11-6-4-5-7-13(11)16-3/h4-7,9-10,14H,8H2,1-3H3. The van der Waals surface area contributed by atoms with Crippen LogP contribution in [0.25, 0.3) is 0 Å². The first-order valence-corrected chi connectivity index (χ1v) is 6.57. The molecule has 2 unspecified atom stereocenters. The number of ketones is 1. The fraction of sp³-hybridized carbons (Fsp3) is 0.462. The predicted octanol–water partition coefficient (Wildman–Crippen LogP) is 2.38. The molecule has 1 rings (SSSR count). The molecule has 0 aliphatic rings. The van der Waals surface area contributed by atoms with E-state index >= 15 is 0 Å². The minimum absolute atomic E-state index is 0.0277. The lowest BCUT2D eigenvalue weighted by atomic mass is 10.1. The van der Waals surface area contributed by atoms with Crippen molar-refractivity contribution in [3.63, 3.8) is 0 Å². The van der Waals surface area contributed by atoms with Gasteiger partial charge in [-0.1, -0.05) is 19.1 Å². The van der Waals surface area contributed by atoms with Crippen LogP contribution in [0, 0.1) is 0 Å². The lowest BCUT2D eigenvalue weighted by molar-refractivity contribution is 0.101. The molecule has 0 bridgehead atoms. The number of hydrogen-bond donors (Lipinski definition) is 1. The van der Waals surface area contributed by atoms with Crippen LogP contribution in [0.5, 0.6) is 5.75 Å². The molecule has 0 amide bonds. The van der Waals surface area contributed by atoms with Crippen LogP contribution in [-0.4, -0.2) is 35.1 Å². The molecule has 0 radical (unpaired) electrons. The van der Waals surface area contributed by atoms with Gasteiger partial charge in [0.1, 0.15) is 5.75 Å². The van der Waals surface area contributed by atoms with Gasteiger partial charge >= 0.3 is 0 Å². The Morgan fingerprint density at radius 1 is 1.41 bits per heavy atom. The van der Waals surface area contributed by atoms with Crippen molar-refractivity contribution in [2.75, 3.05) is 12.9 Å². The Morgan fingerprint density at radius 2 is 2.06 bits per heavy atom. The van der Waals surface area contributed by atoms with Crippen molar-refractivity contribution < 1.29 is 14.6 Å². The molecule has 0 fully saturated rings. The Kier molecular flexibility index (Phi) is 5.51. The monoisotopic (exact) mass is 254 g/mol. The molecule has 1 N–H and O–H groups in total. The van der Waals surface area contributed by atoms with Crippen LogP contribution in [-0.2, 0) is 0 Å². The maximum Gasteiger partial charge on any atom is 0.176 e. The highest BCUT2D eigenvalue weighted by Crippen LogP contribution is 2.21. The van der Waals surface area contributed by atoms with Crippen LogP contribution < -0.4 is 4.74 Å². The molecule has 0 saturated heterocycles. The summed E-state index contributed by atoms with van der Waals surface area (Å²) < 4.78 is 5.14. The van der Waals surface area contributed by atoms with E-state index in [2.05, 4.69) is 0 Å². The number of carbonyl (C=O) groups is 1. The van der Waals surface area contributed by atoms with Gasteiger partial charge in [0.25, 0.3) is 0 Å². The minimum atomic E-state index is -0.412. The topological polar surface area (TPSA) is 46.5 Å². The second-order valence-electron chi connectivity index (χ2n) is 3.88. The summed E-state index contributed by atoms with van der Waals surface area (Å²) >= 11 is 1.45. The van der Waals surface area contributed by atoms with Crippen LogP contribution in [0.2, 0.25) is 0 Å². The number of ether oxygens (including phenoxy) is 1.